The summed E-state index contributed by atoms with van der Waals surface area (Å²) < 4.78 is 5.31. The molecule has 16 heavy (non-hydrogen) atoms. The van der Waals surface area contributed by atoms with Gasteiger partial charge in [0.05, 0.1) is 0 Å². The van der Waals surface area contributed by atoms with Crippen molar-refractivity contribution in [1.82, 2.24) is 4.90 Å². The van der Waals surface area contributed by atoms with E-state index in [2.05, 4.69) is 0 Å². The summed E-state index contributed by atoms with van der Waals surface area (Å²) in [6, 6.07) is 0. The van der Waals surface area contributed by atoms with Crippen LogP contribution in [-0.2, 0) is 9.53 Å². The zero-order valence-corrected chi connectivity index (χ0v) is 10.2. The molecule has 0 aromatic heterocycles. The van der Waals surface area contributed by atoms with E-state index in [0.29, 0.717) is 13.0 Å². The van der Waals surface area contributed by atoms with Crippen molar-refractivity contribution in [3.8, 4) is 0 Å². The second-order valence-electron chi connectivity index (χ2n) is 5.69. The highest BCUT2D eigenvalue weighted by Gasteiger charge is 2.55. The van der Waals surface area contributed by atoms with E-state index in [-0.39, 0.29) is 11.9 Å². The van der Waals surface area contributed by atoms with Gasteiger partial charge in [-0.25, -0.2) is 4.79 Å². The van der Waals surface area contributed by atoms with Crippen LogP contribution >= 0.6 is 0 Å². The molecule has 1 saturated heterocycles. The van der Waals surface area contributed by atoms with Crippen molar-refractivity contribution in [1.29, 1.82) is 0 Å². The van der Waals surface area contributed by atoms with Crippen molar-refractivity contribution in [3.63, 3.8) is 0 Å². The standard InChI is InChI=1S/C12H19NO3/c1-11(2,3)16-10(15)13-8-7-12(13)6-4-5-9(12)14/h4-8H2,1-3H3. The molecule has 4 heteroatoms. The maximum absolute atomic E-state index is 11.9. The van der Waals surface area contributed by atoms with Crippen molar-refractivity contribution < 1.29 is 14.3 Å². The Hall–Kier alpha value is -1.06. The van der Waals surface area contributed by atoms with Crippen LogP contribution in [0.15, 0.2) is 0 Å². The number of ether oxygens (including phenoxy) is 1. The monoisotopic (exact) mass is 225 g/mol. The van der Waals surface area contributed by atoms with Gasteiger partial charge in [0.15, 0.2) is 5.78 Å². The van der Waals surface area contributed by atoms with Crippen molar-refractivity contribution in [3.05, 3.63) is 0 Å². The molecule has 2 aliphatic rings. The topological polar surface area (TPSA) is 46.6 Å². The van der Waals surface area contributed by atoms with Crippen LogP contribution in [0.4, 0.5) is 4.79 Å². The molecule has 90 valence electrons. The highest BCUT2D eigenvalue weighted by atomic mass is 16.6. The molecule has 0 aromatic carbocycles. The van der Waals surface area contributed by atoms with Crippen molar-refractivity contribution in [2.45, 2.75) is 57.6 Å². The average Bonchev–Trinajstić information content (AvgIpc) is 2.43. The maximum Gasteiger partial charge on any atom is 0.411 e. The van der Waals surface area contributed by atoms with Gasteiger partial charge in [-0.05, 0) is 40.0 Å². The molecule has 1 aliphatic heterocycles. The lowest BCUT2D eigenvalue weighted by Gasteiger charge is -2.49. The number of amides is 1. The third-order valence-corrected chi connectivity index (χ3v) is 3.39. The smallest absolute Gasteiger partial charge is 0.411 e. The normalized spacial score (nSPS) is 29.4. The molecule has 1 atom stereocenters. The van der Waals surface area contributed by atoms with Crippen molar-refractivity contribution in [2.24, 2.45) is 0 Å². The van der Waals surface area contributed by atoms with Gasteiger partial charge in [-0.3, -0.25) is 9.69 Å². The number of carbonyl (C=O) groups excluding carboxylic acids is 2. The number of carbonyl (C=O) groups is 2. The Morgan fingerprint density at radius 2 is 2.06 bits per heavy atom. The molecule has 0 N–H and O–H groups in total. The molecular weight excluding hydrogens is 206 g/mol. The molecule has 1 amide bonds. The van der Waals surface area contributed by atoms with Crippen LogP contribution in [0, 0.1) is 0 Å². The lowest BCUT2D eigenvalue weighted by molar-refractivity contribution is -0.135. The second kappa shape index (κ2) is 3.47. The minimum absolute atomic E-state index is 0.213. The minimum atomic E-state index is -0.498. The number of hydrogen-bond acceptors (Lipinski definition) is 3. The lowest BCUT2D eigenvalue weighted by Crippen LogP contribution is -2.65. The fraction of sp³-hybridized carbons (Fsp3) is 0.833. The Balaban J connectivity index is 2.06. The number of nitrogens with zero attached hydrogens (tertiary/aromatic N) is 1. The van der Waals surface area contributed by atoms with E-state index in [4.69, 9.17) is 4.74 Å². The Kier molecular flexibility index (Phi) is 2.48. The summed E-state index contributed by atoms with van der Waals surface area (Å²) in [5, 5.41) is 0. The molecule has 1 saturated carbocycles. The number of hydrogen-bond donors (Lipinski definition) is 0. The Morgan fingerprint density at radius 3 is 2.44 bits per heavy atom. The van der Waals surface area contributed by atoms with Gasteiger partial charge in [-0.1, -0.05) is 0 Å². The zero-order chi connectivity index (χ0) is 12.0. The Morgan fingerprint density at radius 1 is 1.38 bits per heavy atom. The third-order valence-electron chi connectivity index (χ3n) is 3.39. The van der Waals surface area contributed by atoms with E-state index in [9.17, 15) is 9.59 Å². The predicted molar refractivity (Wildman–Crippen MR) is 59.1 cm³/mol. The van der Waals surface area contributed by atoms with Crippen LogP contribution in [0.5, 0.6) is 0 Å². The molecule has 1 spiro atoms. The highest BCUT2D eigenvalue weighted by Crippen LogP contribution is 2.42. The first-order chi connectivity index (χ1) is 7.35. The molecule has 1 heterocycles. The summed E-state index contributed by atoms with van der Waals surface area (Å²) in [4.78, 5) is 25.3. The molecule has 1 unspecified atom stereocenters. The van der Waals surface area contributed by atoms with Crippen molar-refractivity contribution in [2.75, 3.05) is 6.54 Å². The molecule has 0 radical (unpaired) electrons. The summed E-state index contributed by atoms with van der Waals surface area (Å²) in [6.07, 6.45) is 2.79. The van der Waals surface area contributed by atoms with Crippen LogP contribution in [0.1, 0.15) is 46.5 Å². The minimum Gasteiger partial charge on any atom is -0.444 e. The molecule has 2 rings (SSSR count). The van der Waals surface area contributed by atoms with Crippen LogP contribution in [0.2, 0.25) is 0 Å². The van der Waals surface area contributed by atoms with Gasteiger partial charge >= 0.3 is 6.09 Å². The SMILES string of the molecule is CC(C)(C)OC(=O)N1CCC12CCCC2=O. The third kappa shape index (κ3) is 1.70. The summed E-state index contributed by atoms with van der Waals surface area (Å²) in [5.41, 5.74) is -0.988. The van der Waals surface area contributed by atoms with Crippen LogP contribution in [0.25, 0.3) is 0 Å². The number of rotatable bonds is 0. The van der Waals surface area contributed by atoms with Gasteiger partial charge in [-0.2, -0.15) is 0 Å². The molecule has 0 aromatic rings. The van der Waals surface area contributed by atoms with E-state index in [1.807, 2.05) is 20.8 Å². The quantitative estimate of drug-likeness (QED) is 0.634. The largest absolute Gasteiger partial charge is 0.444 e. The Labute approximate surface area is 95.9 Å². The van der Waals surface area contributed by atoms with Crippen molar-refractivity contribution >= 4 is 11.9 Å². The Bertz CT molecular complexity index is 332. The summed E-state index contributed by atoms with van der Waals surface area (Å²) in [7, 11) is 0. The van der Waals surface area contributed by atoms with E-state index < -0.39 is 11.1 Å². The van der Waals surface area contributed by atoms with Gasteiger partial charge in [0, 0.05) is 13.0 Å². The number of Topliss-reactive ketones (excluding diaryl/α,β-unsaturated/α-hetero) is 1. The number of ketones is 1. The molecule has 2 fully saturated rings. The van der Waals surface area contributed by atoms with Gasteiger partial charge in [0.1, 0.15) is 11.1 Å². The predicted octanol–water partition coefficient (Wildman–Crippen LogP) is 2.12. The maximum atomic E-state index is 11.9. The fourth-order valence-electron chi connectivity index (χ4n) is 2.54. The highest BCUT2D eigenvalue weighted by molar-refractivity contribution is 5.95. The van der Waals surface area contributed by atoms with Crippen LogP contribution in [0.3, 0.4) is 0 Å². The van der Waals surface area contributed by atoms with Gasteiger partial charge in [0.25, 0.3) is 0 Å². The lowest BCUT2D eigenvalue weighted by atomic mass is 9.82. The van der Waals surface area contributed by atoms with Crippen LogP contribution < -0.4 is 0 Å². The molecule has 0 bridgehead atoms. The van der Waals surface area contributed by atoms with E-state index >= 15 is 0 Å². The molecular formula is C12H19NO3. The molecule has 1 aliphatic carbocycles. The summed E-state index contributed by atoms with van der Waals surface area (Å²) >= 11 is 0. The van der Waals surface area contributed by atoms with Gasteiger partial charge in [0.2, 0.25) is 0 Å². The summed E-state index contributed by atoms with van der Waals surface area (Å²) in [6.45, 7) is 6.18. The zero-order valence-electron chi connectivity index (χ0n) is 10.2. The van der Waals surface area contributed by atoms with E-state index in [0.717, 1.165) is 19.3 Å². The second-order valence-corrected chi connectivity index (χ2v) is 5.69. The summed E-state index contributed by atoms with van der Waals surface area (Å²) in [5.74, 6) is 0.213. The first kappa shape index (κ1) is 11.4. The average molecular weight is 225 g/mol. The van der Waals surface area contributed by atoms with Gasteiger partial charge < -0.3 is 4.74 Å². The van der Waals surface area contributed by atoms with E-state index in [1.54, 1.807) is 4.90 Å². The first-order valence-corrected chi connectivity index (χ1v) is 5.89. The molecule has 4 nitrogen and oxygen atoms in total. The fourth-order valence-corrected chi connectivity index (χ4v) is 2.54. The van der Waals surface area contributed by atoms with E-state index in [1.165, 1.54) is 0 Å². The van der Waals surface area contributed by atoms with Gasteiger partial charge in [-0.15, -0.1) is 0 Å². The van der Waals surface area contributed by atoms with Crippen LogP contribution in [-0.4, -0.2) is 34.5 Å². The first-order valence-electron chi connectivity index (χ1n) is 5.89. The number of likely N-dealkylation sites (tertiary alicyclic amines) is 1.